The minimum atomic E-state index is -0.840. The topological polar surface area (TPSA) is 78.9 Å². The predicted molar refractivity (Wildman–Crippen MR) is 288 cm³/mol. The maximum atomic E-state index is 12.8. The van der Waals surface area contributed by atoms with Gasteiger partial charge in [-0.2, -0.15) is 0 Å². The maximum absolute atomic E-state index is 12.8. The van der Waals surface area contributed by atoms with Gasteiger partial charge in [-0.25, -0.2) is 0 Å². The fourth-order valence-electron chi connectivity index (χ4n) is 6.62. The molecule has 0 aromatic rings. The fourth-order valence-corrected chi connectivity index (χ4v) is 6.62. The first-order valence-corrected chi connectivity index (χ1v) is 26.7. The molecule has 0 aliphatic carbocycles. The molecular formula is C61H96O6. The molecule has 0 aromatic carbocycles. The van der Waals surface area contributed by atoms with Crippen LogP contribution in [0, 0.1) is 0 Å². The van der Waals surface area contributed by atoms with E-state index in [1.165, 1.54) is 51.4 Å². The monoisotopic (exact) mass is 925 g/mol. The fraction of sp³-hybridized carbons (Fsp3) is 0.590. The zero-order chi connectivity index (χ0) is 48.6. The van der Waals surface area contributed by atoms with Crippen LogP contribution in [0.2, 0.25) is 0 Å². The molecule has 6 nitrogen and oxygen atoms in total. The van der Waals surface area contributed by atoms with Crippen molar-refractivity contribution in [3.63, 3.8) is 0 Å². The van der Waals surface area contributed by atoms with Crippen LogP contribution >= 0.6 is 0 Å². The lowest BCUT2D eigenvalue weighted by molar-refractivity contribution is -0.166. The van der Waals surface area contributed by atoms with Crippen molar-refractivity contribution in [1.82, 2.24) is 0 Å². The van der Waals surface area contributed by atoms with Crippen molar-refractivity contribution in [1.29, 1.82) is 0 Å². The van der Waals surface area contributed by atoms with E-state index < -0.39 is 6.10 Å². The summed E-state index contributed by atoms with van der Waals surface area (Å²) in [6.45, 7) is 6.34. The second-order valence-electron chi connectivity index (χ2n) is 17.0. The molecule has 0 bridgehead atoms. The highest BCUT2D eigenvalue weighted by Gasteiger charge is 2.19. The Morgan fingerprint density at radius 3 is 1.03 bits per heavy atom. The van der Waals surface area contributed by atoms with Crippen molar-refractivity contribution in [2.45, 2.75) is 219 Å². The average molecular weight is 925 g/mol. The van der Waals surface area contributed by atoms with Gasteiger partial charge in [0.25, 0.3) is 0 Å². The van der Waals surface area contributed by atoms with E-state index in [2.05, 4.69) is 142 Å². The molecule has 0 unspecified atom stereocenters. The lowest BCUT2D eigenvalue weighted by atomic mass is 10.1. The summed E-state index contributed by atoms with van der Waals surface area (Å²) in [6, 6.07) is 0. The second kappa shape index (κ2) is 54.2. The molecule has 0 N–H and O–H groups in total. The summed E-state index contributed by atoms with van der Waals surface area (Å²) in [7, 11) is 0. The van der Waals surface area contributed by atoms with E-state index in [1.807, 2.05) is 12.2 Å². The van der Waals surface area contributed by atoms with Gasteiger partial charge in [-0.15, -0.1) is 0 Å². The van der Waals surface area contributed by atoms with Crippen LogP contribution in [-0.2, 0) is 28.6 Å². The molecule has 0 aliphatic heterocycles. The molecule has 6 heteroatoms. The quantitative estimate of drug-likeness (QED) is 0.0262. The minimum Gasteiger partial charge on any atom is -0.462 e. The Labute approximate surface area is 411 Å². The highest BCUT2D eigenvalue weighted by atomic mass is 16.6. The van der Waals surface area contributed by atoms with Crippen LogP contribution in [0.4, 0.5) is 0 Å². The maximum Gasteiger partial charge on any atom is 0.306 e. The van der Waals surface area contributed by atoms with Gasteiger partial charge in [0.2, 0.25) is 0 Å². The molecule has 1 atom stereocenters. The number of rotatable bonds is 46. The number of carbonyl (C=O) groups is 3. The normalized spacial score (nSPS) is 13.2. The van der Waals surface area contributed by atoms with Crippen molar-refractivity contribution < 1.29 is 28.6 Å². The van der Waals surface area contributed by atoms with Crippen LogP contribution in [0.25, 0.3) is 0 Å². The number of unbranched alkanes of at least 4 members (excludes halogenated alkanes) is 13. The number of esters is 3. The van der Waals surface area contributed by atoms with Crippen LogP contribution in [0.1, 0.15) is 213 Å². The molecule has 0 fully saturated rings. The lowest BCUT2D eigenvalue weighted by Crippen LogP contribution is -2.30. The smallest absolute Gasteiger partial charge is 0.306 e. The number of hydrogen-bond donors (Lipinski definition) is 0. The molecule has 0 aliphatic rings. The zero-order valence-electron chi connectivity index (χ0n) is 42.9. The third-order valence-corrected chi connectivity index (χ3v) is 10.6. The lowest BCUT2D eigenvalue weighted by Gasteiger charge is -2.18. The summed E-state index contributed by atoms with van der Waals surface area (Å²) in [6.07, 6.45) is 75.9. The second-order valence-corrected chi connectivity index (χ2v) is 17.0. The Morgan fingerprint density at radius 2 is 0.612 bits per heavy atom. The van der Waals surface area contributed by atoms with E-state index in [-0.39, 0.29) is 44.0 Å². The molecular weight excluding hydrogens is 829 g/mol. The summed E-state index contributed by atoms with van der Waals surface area (Å²) in [5.74, 6) is -1.08. The van der Waals surface area contributed by atoms with Crippen LogP contribution in [0.15, 0.2) is 134 Å². The summed E-state index contributed by atoms with van der Waals surface area (Å²) >= 11 is 0. The average Bonchev–Trinajstić information content (AvgIpc) is 3.33. The summed E-state index contributed by atoms with van der Waals surface area (Å²) < 4.78 is 16.7. The van der Waals surface area contributed by atoms with Crippen molar-refractivity contribution in [3.8, 4) is 0 Å². The zero-order valence-corrected chi connectivity index (χ0v) is 42.9. The van der Waals surface area contributed by atoms with Crippen LogP contribution in [0.5, 0.6) is 0 Å². The van der Waals surface area contributed by atoms with E-state index in [4.69, 9.17) is 14.2 Å². The number of allylic oxidation sites excluding steroid dienone is 22. The minimum absolute atomic E-state index is 0.130. The molecule has 0 spiro atoms. The molecule has 0 radical (unpaired) electrons. The van der Waals surface area contributed by atoms with Gasteiger partial charge >= 0.3 is 17.9 Å². The predicted octanol–water partition coefficient (Wildman–Crippen LogP) is 17.9. The van der Waals surface area contributed by atoms with E-state index in [1.54, 1.807) is 0 Å². The molecule has 67 heavy (non-hydrogen) atoms. The van der Waals surface area contributed by atoms with E-state index >= 15 is 0 Å². The Hall–Kier alpha value is -4.45. The van der Waals surface area contributed by atoms with Crippen molar-refractivity contribution in [2.75, 3.05) is 13.2 Å². The van der Waals surface area contributed by atoms with Gasteiger partial charge in [0, 0.05) is 19.3 Å². The van der Waals surface area contributed by atoms with E-state index in [0.29, 0.717) is 19.3 Å². The highest BCUT2D eigenvalue weighted by molar-refractivity contribution is 5.71. The van der Waals surface area contributed by atoms with Gasteiger partial charge < -0.3 is 14.2 Å². The first-order valence-electron chi connectivity index (χ1n) is 26.7. The Kier molecular flexibility index (Phi) is 50.6. The van der Waals surface area contributed by atoms with Gasteiger partial charge in [0.1, 0.15) is 13.2 Å². The molecule has 0 amide bonds. The van der Waals surface area contributed by atoms with Crippen molar-refractivity contribution in [2.24, 2.45) is 0 Å². The van der Waals surface area contributed by atoms with E-state index in [0.717, 1.165) is 109 Å². The first kappa shape index (κ1) is 62.5. The molecule has 0 saturated carbocycles. The van der Waals surface area contributed by atoms with Gasteiger partial charge in [-0.3, -0.25) is 14.4 Å². The van der Waals surface area contributed by atoms with Crippen LogP contribution < -0.4 is 0 Å². The molecule has 0 heterocycles. The summed E-state index contributed by atoms with van der Waals surface area (Å²) in [4.78, 5) is 38.0. The first-order chi connectivity index (χ1) is 33.0. The molecule has 0 saturated heterocycles. The highest BCUT2D eigenvalue weighted by Crippen LogP contribution is 2.11. The molecule has 376 valence electrons. The number of carbonyl (C=O) groups excluding carboxylic acids is 3. The third kappa shape index (κ3) is 52.4. The van der Waals surface area contributed by atoms with Crippen molar-refractivity contribution >= 4 is 17.9 Å². The van der Waals surface area contributed by atoms with E-state index in [9.17, 15) is 14.4 Å². The Bertz CT molecular complexity index is 1480. The van der Waals surface area contributed by atoms with Gasteiger partial charge in [0.15, 0.2) is 6.10 Å². The number of hydrogen-bond acceptors (Lipinski definition) is 6. The standard InChI is InChI=1S/C61H96O6/c1-4-7-10-13-16-19-22-25-28-29-30-31-34-36-39-42-45-48-51-54-60(63)66-57-58(67-61(64)55-52-49-46-43-40-37-33-27-24-21-18-15-12-9-6-3)56-65-59(62)53-50-47-44-41-38-35-32-26-23-20-17-14-11-8-5-2/h8,11,16-21,25-28,30-33,36,39-40,43,45,48,58H,4-7,9-10,12-15,22-24,29,34-35,37-38,41-42,44,46-47,49-57H2,1-3H3/b11-8-,19-16-,20-17-,21-18-,28-25-,31-30-,32-26-,33-27-,39-36-,43-40-,48-45-/t58-/m1/s1. The van der Waals surface area contributed by atoms with Crippen molar-refractivity contribution in [3.05, 3.63) is 134 Å². The van der Waals surface area contributed by atoms with Crippen LogP contribution in [0.3, 0.4) is 0 Å². The SMILES string of the molecule is CC/C=C\C/C=C\C/C=C\CCCCCCCC(=O)OC[C@H](COC(=O)CC/C=C\C/C=C\C/C=C\C/C=C\C/C=C\CCCCC)OC(=O)CCCC/C=C\C/C=C\C/C=C\CCCCC. The molecule has 0 aromatic heterocycles. The van der Waals surface area contributed by atoms with Gasteiger partial charge in [-0.05, 0) is 128 Å². The Balaban J connectivity index is 4.61. The van der Waals surface area contributed by atoms with Gasteiger partial charge in [0.05, 0.1) is 0 Å². The number of ether oxygens (including phenoxy) is 3. The largest absolute Gasteiger partial charge is 0.462 e. The Morgan fingerprint density at radius 1 is 0.313 bits per heavy atom. The summed E-state index contributed by atoms with van der Waals surface area (Å²) in [5, 5.41) is 0. The summed E-state index contributed by atoms with van der Waals surface area (Å²) in [5.41, 5.74) is 0. The van der Waals surface area contributed by atoms with Crippen LogP contribution in [-0.4, -0.2) is 37.2 Å². The van der Waals surface area contributed by atoms with Gasteiger partial charge in [-0.1, -0.05) is 199 Å². The third-order valence-electron chi connectivity index (χ3n) is 10.6. The molecule has 0 rings (SSSR count).